The Morgan fingerprint density at radius 2 is 1.74 bits per heavy atom. The van der Waals surface area contributed by atoms with E-state index in [9.17, 15) is 23.1 Å². The molecule has 10 heteroatoms. The maximum atomic E-state index is 14.9. The minimum absolute atomic E-state index is 0.0564. The largest absolute Gasteiger partial charge is 0.478 e. The number of hydrogen-bond donors (Lipinski definition) is 2. The zero-order chi connectivity index (χ0) is 24.7. The Hall–Kier alpha value is -4.73. The molecule has 2 heterocycles. The van der Waals surface area contributed by atoms with E-state index < -0.39 is 23.4 Å². The predicted molar refractivity (Wildman–Crippen MR) is 123 cm³/mol. The fourth-order valence-electron chi connectivity index (χ4n) is 3.89. The second-order valence-electron chi connectivity index (χ2n) is 7.67. The highest BCUT2D eigenvalue weighted by atomic mass is 19.1. The molecule has 7 nitrogen and oxygen atoms in total. The van der Waals surface area contributed by atoms with Crippen LogP contribution >= 0.6 is 0 Å². The molecule has 2 N–H and O–H groups in total. The number of aromatic carboxylic acids is 1. The summed E-state index contributed by atoms with van der Waals surface area (Å²) in [7, 11) is 0. The molecule has 0 radical (unpaired) electrons. The number of para-hydroxylation sites is 1. The topological polar surface area (TPSA) is 92.9 Å². The number of hydrogen-bond acceptors (Lipinski definition) is 5. The van der Waals surface area contributed by atoms with E-state index in [2.05, 4.69) is 20.4 Å². The first-order valence-corrected chi connectivity index (χ1v) is 10.4. The van der Waals surface area contributed by atoms with Gasteiger partial charge in [-0.25, -0.2) is 27.6 Å². The van der Waals surface area contributed by atoms with Gasteiger partial charge in [-0.15, -0.1) is 0 Å². The van der Waals surface area contributed by atoms with Crippen molar-refractivity contribution in [3.8, 4) is 16.8 Å². The number of halogens is 3. The number of carboxylic acid groups (broad SMARTS) is 1. The normalized spacial score (nSPS) is 11.1. The number of benzene rings is 3. The lowest BCUT2D eigenvalue weighted by Crippen LogP contribution is -2.08. The molecule has 0 spiro atoms. The molecule has 0 saturated carbocycles. The van der Waals surface area contributed by atoms with E-state index in [1.807, 2.05) is 0 Å². The van der Waals surface area contributed by atoms with Gasteiger partial charge >= 0.3 is 5.97 Å². The Morgan fingerprint density at radius 3 is 2.54 bits per heavy atom. The van der Waals surface area contributed by atoms with Gasteiger partial charge < -0.3 is 10.4 Å². The summed E-state index contributed by atoms with van der Waals surface area (Å²) in [4.78, 5) is 19.9. The van der Waals surface area contributed by atoms with Crippen molar-refractivity contribution >= 4 is 28.5 Å². The molecule has 5 rings (SSSR count). The molecule has 0 aliphatic rings. The van der Waals surface area contributed by atoms with Crippen molar-refractivity contribution in [2.24, 2.45) is 0 Å². The van der Waals surface area contributed by atoms with Crippen LogP contribution in [0, 0.1) is 24.4 Å². The molecule has 0 saturated heterocycles. The number of aromatic nitrogens is 4. The smallest absolute Gasteiger partial charge is 0.337 e. The lowest BCUT2D eigenvalue weighted by atomic mass is 10.0. The minimum atomic E-state index is -1.19. The van der Waals surface area contributed by atoms with Gasteiger partial charge in [-0.05, 0) is 48.9 Å². The Morgan fingerprint density at radius 1 is 0.971 bits per heavy atom. The highest BCUT2D eigenvalue weighted by Crippen LogP contribution is 2.38. The molecule has 5 aromatic rings. The van der Waals surface area contributed by atoms with Gasteiger partial charge in [0.2, 0.25) is 0 Å². The fourth-order valence-corrected chi connectivity index (χ4v) is 3.89. The molecular weight excluding hydrogens is 459 g/mol. The van der Waals surface area contributed by atoms with Crippen LogP contribution in [0.4, 0.5) is 24.7 Å². The van der Waals surface area contributed by atoms with Crippen LogP contribution in [0.1, 0.15) is 16.1 Å². The average molecular weight is 475 g/mol. The average Bonchev–Trinajstić information content (AvgIpc) is 3.16. The Balaban J connectivity index is 1.79. The van der Waals surface area contributed by atoms with Gasteiger partial charge in [0.1, 0.15) is 28.7 Å². The van der Waals surface area contributed by atoms with Crippen molar-refractivity contribution < 1.29 is 23.1 Å². The highest BCUT2D eigenvalue weighted by molar-refractivity contribution is 5.96. The summed E-state index contributed by atoms with van der Waals surface area (Å²) in [5.74, 6) is -3.16. The predicted octanol–water partition coefficient (Wildman–Crippen LogP) is 5.65. The highest BCUT2D eigenvalue weighted by Gasteiger charge is 2.23. The Kier molecular flexibility index (Phi) is 5.40. The summed E-state index contributed by atoms with van der Waals surface area (Å²) in [6.45, 7) is 1.62. The van der Waals surface area contributed by atoms with E-state index in [-0.39, 0.29) is 33.8 Å². The van der Waals surface area contributed by atoms with Gasteiger partial charge in [-0.3, -0.25) is 4.98 Å². The van der Waals surface area contributed by atoms with Crippen molar-refractivity contribution in [3.05, 3.63) is 95.7 Å². The fraction of sp³-hybridized carbons (Fsp3) is 0.0400. The molecule has 0 aliphatic heterocycles. The van der Waals surface area contributed by atoms with Crippen molar-refractivity contribution in [1.29, 1.82) is 0 Å². The molecule has 2 aromatic heterocycles. The van der Waals surface area contributed by atoms with Crippen molar-refractivity contribution in [1.82, 2.24) is 19.7 Å². The second kappa shape index (κ2) is 8.56. The second-order valence-corrected chi connectivity index (χ2v) is 7.67. The summed E-state index contributed by atoms with van der Waals surface area (Å²) in [6.07, 6.45) is 2.79. The van der Waals surface area contributed by atoms with E-state index >= 15 is 0 Å². The van der Waals surface area contributed by atoms with Crippen molar-refractivity contribution in [2.75, 3.05) is 5.32 Å². The van der Waals surface area contributed by atoms with Gasteiger partial charge in [-0.2, -0.15) is 5.10 Å². The van der Waals surface area contributed by atoms with Crippen LogP contribution in [0.15, 0.2) is 67.0 Å². The number of carboxylic acids is 1. The van der Waals surface area contributed by atoms with Crippen LogP contribution in [-0.4, -0.2) is 30.8 Å². The first kappa shape index (κ1) is 22.1. The van der Waals surface area contributed by atoms with Crippen LogP contribution in [0.5, 0.6) is 0 Å². The van der Waals surface area contributed by atoms with Crippen molar-refractivity contribution in [3.63, 3.8) is 0 Å². The van der Waals surface area contributed by atoms with Gasteiger partial charge in [0.05, 0.1) is 22.5 Å². The van der Waals surface area contributed by atoms with Crippen molar-refractivity contribution in [2.45, 2.75) is 6.92 Å². The molecule has 35 heavy (non-hydrogen) atoms. The summed E-state index contributed by atoms with van der Waals surface area (Å²) < 4.78 is 44.8. The first-order chi connectivity index (χ1) is 16.8. The summed E-state index contributed by atoms with van der Waals surface area (Å²) >= 11 is 0. The number of fused-ring (bicyclic) bond motifs is 1. The van der Waals surface area contributed by atoms with E-state index in [1.165, 1.54) is 30.6 Å². The molecule has 0 fully saturated rings. The molecule has 0 aliphatic carbocycles. The summed E-state index contributed by atoms with van der Waals surface area (Å²) in [5, 5.41) is 17.0. The molecule has 174 valence electrons. The third-order valence-corrected chi connectivity index (χ3v) is 5.42. The van der Waals surface area contributed by atoms with Crippen LogP contribution in [0.25, 0.3) is 27.8 Å². The maximum absolute atomic E-state index is 14.9. The summed E-state index contributed by atoms with van der Waals surface area (Å²) in [6, 6.07) is 11.8. The minimum Gasteiger partial charge on any atom is -0.478 e. The van der Waals surface area contributed by atoms with Crippen LogP contribution in [0.2, 0.25) is 0 Å². The Labute approximate surface area is 196 Å². The quantitative estimate of drug-likeness (QED) is 0.341. The first-order valence-electron chi connectivity index (χ1n) is 10.4. The lowest BCUT2D eigenvalue weighted by molar-refractivity contribution is 0.0698. The number of nitrogens with zero attached hydrogens (tertiary/aromatic N) is 4. The van der Waals surface area contributed by atoms with Gasteiger partial charge in [0.25, 0.3) is 0 Å². The number of aryl methyl sites for hydroxylation is 1. The molecule has 0 bridgehead atoms. The SMILES string of the molecule is Cc1nn(-c2cc(F)ccc2F)c(Nc2ccccc2C(=O)O)c1-c1cc(F)c2nccnc2c1. The van der Waals surface area contributed by atoms with Gasteiger partial charge in [0, 0.05) is 24.0 Å². The number of nitrogens with one attached hydrogen (secondary N) is 1. The van der Waals surface area contributed by atoms with E-state index in [4.69, 9.17) is 0 Å². The third kappa shape index (κ3) is 3.95. The molecule has 3 aromatic carbocycles. The summed E-state index contributed by atoms with van der Waals surface area (Å²) in [5.41, 5.74) is 1.31. The van der Waals surface area contributed by atoms with Crippen LogP contribution in [0.3, 0.4) is 0 Å². The Bertz CT molecular complexity index is 1620. The van der Waals surface area contributed by atoms with E-state index in [0.29, 0.717) is 16.8 Å². The van der Waals surface area contributed by atoms with Gasteiger partial charge in [0.15, 0.2) is 5.82 Å². The van der Waals surface area contributed by atoms with E-state index in [1.54, 1.807) is 25.1 Å². The monoisotopic (exact) mass is 475 g/mol. The molecular formula is C25H16F3N5O2. The maximum Gasteiger partial charge on any atom is 0.337 e. The van der Waals surface area contributed by atoms with Crippen LogP contribution < -0.4 is 5.32 Å². The molecule has 0 unspecified atom stereocenters. The van der Waals surface area contributed by atoms with E-state index in [0.717, 1.165) is 22.9 Å². The zero-order valence-corrected chi connectivity index (χ0v) is 18.1. The number of rotatable bonds is 5. The number of anilines is 2. The molecule has 0 atom stereocenters. The molecule has 0 amide bonds. The lowest BCUT2D eigenvalue weighted by Gasteiger charge is -2.15. The number of carbonyl (C=O) groups is 1. The zero-order valence-electron chi connectivity index (χ0n) is 18.1. The van der Waals surface area contributed by atoms with Gasteiger partial charge in [-0.1, -0.05) is 12.1 Å². The van der Waals surface area contributed by atoms with Crippen LogP contribution in [-0.2, 0) is 0 Å². The third-order valence-electron chi connectivity index (χ3n) is 5.42. The standard InChI is InChI=1S/C25H16F3N5O2/c1-13-22(14-10-18(28)23-20(11-14)29-8-9-30-23)24(31-19-5-3-2-4-16(19)25(34)35)33(32-13)21-12-15(26)6-7-17(21)27/h2-12,31H,1H3,(H,34,35).